The summed E-state index contributed by atoms with van der Waals surface area (Å²) in [5.74, 6) is -0.819. The van der Waals surface area contributed by atoms with E-state index in [1.165, 1.54) is 0 Å². The maximum atomic E-state index is 12.6. The van der Waals surface area contributed by atoms with Gasteiger partial charge in [0.05, 0.1) is 11.6 Å². The van der Waals surface area contributed by atoms with Gasteiger partial charge in [0.1, 0.15) is 5.76 Å². The second-order valence-electron chi connectivity index (χ2n) is 5.87. The van der Waals surface area contributed by atoms with E-state index in [0.717, 1.165) is 6.42 Å². The van der Waals surface area contributed by atoms with E-state index in [-0.39, 0.29) is 16.9 Å². The van der Waals surface area contributed by atoms with Crippen LogP contribution in [0.4, 0.5) is 5.95 Å². The maximum Gasteiger partial charge on any atom is 0.235 e. The number of hydrogen-bond donors (Lipinski definition) is 1. The lowest BCUT2D eigenvalue weighted by atomic mass is 9.84. The molecule has 2 aliphatic rings. The Morgan fingerprint density at radius 2 is 1.71 bits per heavy atom. The molecule has 6 heteroatoms. The number of carbonyl (C=O) groups is 2. The first kappa shape index (κ1) is 14.6. The van der Waals surface area contributed by atoms with E-state index in [4.69, 9.17) is 0 Å². The molecule has 0 saturated carbocycles. The quantitative estimate of drug-likeness (QED) is 0.854. The van der Waals surface area contributed by atoms with E-state index in [1.807, 2.05) is 4.90 Å². The molecule has 1 aliphatic heterocycles. The number of nitrogens with zero attached hydrogens (tertiary/aromatic N) is 3. The Labute approximate surface area is 138 Å². The fraction of sp³-hybridized carbons (Fsp3) is 0.222. The molecule has 120 valence electrons. The van der Waals surface area contributed by atoms with Crippen LogP contribution in [-0.2, 0) is 4.79 Å². The fourth-order valence-electron chi connectivity index (χ4n) is 3.44. The smallest absolute Gasteiger partial charge is 0.235 e. The summed E-state index contributed by atoms with van der Waals surface area (Å²) in [5.41, 5.74) is 0.825. The van der Waals surface area contributed by atoms with Crippen molar-refractivity contribution in [1.82, 2.24) is 9.97 Å². The van der Waals surface area contributed by atoms with E-state index in [1.54, 1.807) is 42.7 Å². The molecule has 2 heterocycles. The molecular weight excluding hydrogens is 306 g/mol. The normalized spacial score (nSPS) is 20.5. The van der Waals surface area contributed by atoms with Crippen molar-refractivity contribution in [3.05, 3.63) is 59.4 Å². The van der Waals surface area contributed by atoms with E-state index in [2.05, 4.69) is 9.97 Å². The Kier molecular flexibility index (Phi) is 3.37. The highest BCUT2D eigenvalue weighted by atomic mass is 16.3. The zero-order chi connectivity index (χ0) is 16.7. The van der Waals surface area contributed by atoms with Crippen LogP contribution in [0, 0.1) is 0 Å². The number of Topliss-reactive ketones (excluding diaryl/α,β-unsaturated/α-hetero) is 2. The van der Waals surface area contributed by atoms with Gasteiger partial charge in [0.2, 0.25) is 17.5 Å². The van der Waals surface area contributed by atoms with Crippen LogP contribution in [-0.4, -0.2) is 39.2 Å². The monoisotopic (exact) mass is 321 g/mol. The summed E-state index contributed by atoms with van der Waals surface area (Å²) in [6.45, 7) is 0.675. The number of hydrogen-bond acceptors (Lipinski definition) is 6. The van der Waals surface area contributed by atoms with E-state index in [0.29, 0.717) is 24.5 Å². The highest BCUT2D eigenvalue weighted by Crippen LogP contribution is 2.35. The first-order chi connectivity index (χ1) is 11.7. The van der Waals surface area contributed by atoms with Crippen molar-refractivity contribution >= 4 is 23.3 Å². The fourth-order valence-corrected chi connectivity index (χ4v) is 3.44. The molecular formula is C18H15N3O3. The van der Waals surface area contributed by atoms with E-state index >= 15 is 0 Å². The van der Waals surface area contributed by atoms with Crippen LogP contribution in [0.3, 0.4) is 0 Å². The molecule has 1 aliphatic carbocycles. The molecule has 0 spiro atoms. The summed E-state index contributed by atoms with van der Waals surface area (Å²) in [4.78, 5) is 35.4. The molecule has 4 rings (SSSR count). The van der Waals surface area contributed by atoms with Gasteiger partial charge in [-0.15, -0.1) is 0 Å². The molecule has 1 unspecified atom stereocenters. The van der Waals surface area contributed by atoms with Gasteiger partial charge in [0, 0.05) is 30.1 Å². The van der Waals surface area contributed by atoms with Gasteiger partial charge in [-0.2, -0.15) is 0 Å². The summed E-state index contributed by atoms with van der Waals surface area (Å²) >= 11 is 0. The molecule has 1 N–H and O–H groups in total. The van der Waals surface area contributed by atoms with E-state index in [9.17, 15) is 14.7 Å². The highest BCUT2D eigenvalue weighted by Gasteiger charge is 2.41. The van der Waals surface area contributed by atoms with Gasteiger partial charge in [-0.25, -0.2) is 9.97 Å². The predicted molar refractivity (Wildman–Crippen MR) is 87.7 cm³/mol. The van der Waals surface area contributed by atoms with Crippen LogP contribution in [0.2, 0.25) is 0 Å². The lowest BCUT2D eigenvalue weighted by Crippen LogP contribution is -2.39. The number of aliphatic hydroxyl groups excluding tert-OH is 1. The van der Waals surface area contributed by atoms with Crippen LogP contribution in [0.5, 0.6) is 0 Å². The predicted octanol–water partition coefficient (Wildman–Crippen LogP) is 2.18. The van der Waals surface area contributed by atoms with Gasteiger partial charge >= 0.3 is 0 Å². The SMILES string of the molecule is O=C1C(=O)c2ccccc2C(O)=C1C1CCCN1c1ncccn1. The number of benzene rings is 1. The molecule has 1 aromatic carbocycles. The van der Waals surface area contributed by atoms with Gasteiger partial charge in [0.15, 0.2) is 0 Å². The minimum absolute atomic E-state index is 0.108. The lowest BCUT2D eigenvalue weighted by molar-refractivity contribution is -0.112. The topological polar surface area (TPSA) is 83.4 Å². The molecule has 1 fully saturated rings. The van der Waals surface area contributed by atoms with Crippen molar-refractivity contribution in [2.24, 2.45) is 0 Å². The highest BCUT2D eigenvalue weighted by molar-refractivity contribution is 6.52. The third kappa shape index (κ3) is 2.11. The van der Waals surface area contributed by atoms with Gasteiger partial charge in [-0.3, -0.25) is 9.59 Å². The van der Waals surface area contributed by atoms with Crippen molar-refractivity contribution in [3.63, 3.8) is 0 Å². The summed E-state index contributed by atoms with van der Waals surface area (Å²) in [7, 11) is 0. The van der Waals surface area contributed by atoms with Crippen LogP contribution in [0.25, 0.3) is 5.76 Å². The summed E-state index contributed by atoms with van der Waals surface area (Å²) in [5, 5.41) is 10.7. The summed E-state index contributed by atoms with van der Waals surface area (Å²) in [6.07, 6.45) is 4.77. The molecule has 1 atom stereocenters. The Balaban J connectivity index is 1.83. The van der Waals surface area contributed by atoms with Gasteiger partial charge < -0.3 is 10.0 Å². The maximum absolute atomic E-state index is 12.6. The number of rotatable bonds is 2. The second kappa shape index (κ2) is 5.56. The Morgan fingerprint density at radius 3 is 2.46 bits per heavy atom. The standard InChI is InChI=1S/C18H15N3O3/c22-15-11-5-1-2-6-12(11)16(23)17(24)14(15)13-7-3-10-21(13)18-19-8-4-9-20-18/h1-2,4-6,8-9,13,22H,3,7,10H2. The van der Waals surface area contributed by atoms with Gasteiger partial charge in [0.25, 0.3) is 0 Å². The summed E-state index contributed by atoms with van der Waals surface area (Å²) in [6, 6.07) is 7.97. The van der Waals surface area contributed by atoms with Gasteiger partial charge in [-0.1, -0.05) is 24.3 Å². The molecule has 24 heavy (non-hydrogen) atoms. The first-order valence-electron chi connectivity index (χ1n) is 7.83. The van der Waals surface area contributed by atoms with Crippen molar-refractivity contribution in [1.29, 1.82) is 0 Å². The Morgan fingerprint density at radius 1 is 1.00 bits per heavy atom. The number of ketones is 2. The third-order valence-electron chi connectivity index (χ3n) is 4.53. The van der Waals surface area contributed by atoms with Crippen molar-refractivity contribution < 1.29 is 14.7 Å². The minimum Gasteiger partial charge on any atom is -0.507 e. The van der Waals surface area contributed by atoms with Crippen LogP contribution < -0.4 is 4.90 Å². The molecule has 0 radical (unpaired) electrons. The molecule has 1 saturated heterocycles. The Hall–Kier alpha value is -3.02. The third-order valence-corrected chi connectivity index (χ3v) is 4.53. The molecule has 0 amide bonds. The summed E-state index contributed by atoms with van der Waals surface area (Å²) < 4.78 is 0. The molecule has 1 aromatic heterocycles. The first-order valence-corrected chi connectivity index (χ1v) is 7.83. The average molecular weight is 321 g/mol. The lowest BCUT2D eigenvalue weighted by Gasteiger charge is -2.28. The zero-order valence-electron chi connectivity index (χ0n) is 12.8. The number of fused-ring (bicyclic) bond motifs is 1. The zero-order valence-corrected chi connectivity index (χ0v) is 12.8. The molecule has 2 aromatic rings. The number of aromatic nitrogens is 2. The molecule has 0 bridgehead atoms. The van der Waals surface area contributed by atoms with Gasteiger partial charge in [-0.05, 0) is 18.9 Å². The van der Waals surface area contributed by atoms with Crippen LogP contribution in [0.15, 0.2) is 48.3 Å². The average Bonchev–Trinajstić information content (AvgIpc) is 3.10. The number of aliphatic hydroxyl groups is 1. The number of carbonyl (C=O) groups excluding carboxylic acids is 2. The largest absolute Gasteiger partial charge is 0.507 e. The van der Waals surface area contributed by atoms with Crippen LogP contribution in [0.1, 0.15) is 28.8 Å². The van der Waals surface area contributed by atoms with Crippen molar-refractivity contribution in [3.8, 4) is 0 Å². The second-order valence-corrected chi connectivity index (χ2v) is 5.87. The number of anilines is 1. The molecule has 6 nitrogen and oxygen atoms in total. The minimum atomic E-state index is -0.640. The Bertz CT molecular complexity index is 861. The van der Waals surface area contributed by atoms with Crippen molar-refractivity contribution in [2.75, 3.05) is 11.4 Å². The van der Waals surface area contributed by atoms with Crippen LogP contribution >= 0.6 is 0 Å². The van der Waals surface area contributed by atoms with E-state index < -0.39 is 17.6 Å². The van der Waals surface area contributed by atoms with Crippen molar-refractivity contribution in [2.45, 2.75) is 18.9 Å².